The summed E-state index contributed by atoms with van der Waals surface area (Å²) in [7, 11) is 1.85. The zero-order valence-electron chi connectivity index (χ0n) is 11.3. The standard InChI is InChI=1S/C12H21N5O2/c1-17-9-15-16-11(17)8-14-12(18)4-7-19-10-2-5-13-6-3-10/h9-10,13H,2-8H2,1H3,(H,14,18). The molecule has 106 valence electrons. The van der Waals surface area contributed by atoms with Crippen molar-refractivity contribution >= 4 is 5.91 Å². The molecular formula is C12H21N5O2. The summed E-state index contributed by atoms with van der Waals surface area (Å²) < 4.78 is 7.46. The molecule has 0 atom stereocenters. The molecule has 0 aliphatic carbocycles. The van der Waals surface area contributed by atoms with Gasteiger partial charge in [0.1, 0.15) is 6.33 Å². The third-order valence-electron chi connectivity index (χ3n) is 3.22. The Labute approximate surface area is 112 Å². The van der Waals surface area contributed by atoms with Gasteiger partial charge < -0.3 is 19.9 Å². The topological polar surface area (TPSA) is 81.1 Å². The minimum atomic E-state index is -0.0167. The van der Waals surface area contributed by atoms with E-state index in [4.69, 9.17) is 4.74 Å². The molecule has 1 saturated heterocycles. The van der Waals surface area contributed by atoms with Gasteiger partial charge in [0.25, 0.3) is 0 Å². The molecule has 0 unspecified atom stereocenters. The van der Waals surface area contributed by atoms with Crippen LogP contribution >= 0.6 is 0 Å². The van der Waals surface area contributed by atoms with Crippen LogP contribution in [0.5, 0.6) is 0 Å². The Morgan fingerprint density at radius 1 is 1.58 bits per heavy atom. The highest BCUT2D eigenvalue weighted by Crippen LogP contribution is 2.07. The van der Waals surface area contributed by atoms with Gasteiger partial charge in [-0.2, -0.15) is 0 Å². The highest BCUT2D eigenvalue weighted by Gasteiger charge is 2.13. The van der Waals surface area contributed by atoms with Crippen molar-refractivity contribution in [2.45, 2.75) is 31.9 Å². The summed E-state index contributed by atoms with van der Waals surface area (Å²) in [4.78, 5) is 11.6. The van der Waals surface area contributed by atoms with Gasteiger partial charge in [-0.25, -0.2) is 0 Å². The Bertz CT molecular complexity index is 401. The Hall–Kier alpha value is -1.47. The molecule has 0 saturated carbocycles. The summed E-state index contributed by atoms with van der Waals surface area (Å²) in [6, 6.07) is 0. The second-order valence-electron chi connectivity index (χ2n) is 4.70. The number of aromatic nitrogens is 3. The largest absolute Gasteiger partial charge is 0.378 e. The fraction of sp³-hybridized carbons (Fsp3) is 0.750. The second kappa shape index (κ2) is 7.20. The van der Waals surface area contributed by atoms with Crippen LogP contribution < -0.4 is 10.6 Å². The quantitative estimate of drug-likeness (QED) is 0.732. The van der Waals surface area contributed by atoms with Crippen molar-refractivity contribution in [1.82, 2.24) is 25.4 Å². The lowest BCUT2D eigenvalue weighted by molar-refractivity contribution is -0.123. The summed E-state index contributed by atoms with van der Waals surface area (Å²) in [6.07, 6.45) is 4.36. The number of piperidine rings is 1. The molecule has 2 rings (SSSR count). The van der Waals surface area contributed by atoms with Crippen LogP contribution in [0.15, 0.2) is 6.33 Å². The number of carbonyl (C=O) groups excluding carboxylic acids is 1. The van der Waals surface area contributed by atoms with E-state index in [1.165, 1.54) is 0 Å². The molecule has 1 fully saturated rings. The van der Waals surface area contributed by atoms with E-state index in [9.17, 15) is 4.79 Å². The van der Waals surface area contributed by atoms with E-state index in [1.54, 1.807) is 10.9 Å². The van der Waals surface area contributed by atoms with Crippen LogP contribution in [0, 0.1) is 0 Å². The van der Waals surface area contributed by atoms with Crippen molar-refractivity contribution in [3.05, 3.63) is 12.2 Å². The predicted molar refractivity (Wildman–Crippen MR) is 69.3 cm³/mol. The first kappa shape index (κ1) is 14.0. The summed E-state index contributed by atoms with van der Waals surface area (Å²) in [5.74, 6) is 0.726. The zero-order chi connectivity index (χ0) is 13.5. The first-order chi connectivity index (χ1) is 9.25. The zero-order valence-corrected chi connectivity index (χ0v) is 11.3. The highest BCUT2D eigenvalue weighted by molar-refractivity contribution is 5.75. The predicted octanol–water partition coefficient (Wildman–Crippen LogP) is -0.410. The minimum absolute atomic E-state index is 0.0167. The van der Waals surface area contributed by atoms with Gasteiger partial charge in [-0.1, -0.05) is 0 Å². The lowest BCUT2D eigenvalue weighted by Crippen LogP contribution is -2.33. The summed E-state index contributed by atoms with van der Waals surface area (Å²) in [5, 5.41) is 13.7. The number of ether oxygens (including phenoxy) is 1. The smallest absolute Gasteiger partial charge is 0.222 e. The number of hydrogen-bond donors (Lipinski definition) is 2. The van der Waals surface area contributed by atoms with Crippen LogP contribution in [0.4, 0.5) is 0 Å². The maximum Gasteiger partial charge on any atom is 0.222 e. The third-order valence-corrected chi connectivity index (χ3v) is 3.22. The van der Waals surface area contributed by atoms with E-state index in [2.05, 4.69) is 20.8 Å². The fourth-order valence-electron chi connectivity index (χ4n) is 2.01. The SMILES string of the molecule is Cn1cnnc1CNC(=O)CCOC1CCNCC1. The molecule has 1 amide bonds. The molecule has 2 N–H and O–H groups in total. The molecule has 1 aromatic rings. The molecule has 0 aromatic carbocycles. The molecule has 0 bridgehead atoms. The molecule has 1 aromatic heterocycles. The summed E-state index contributed by atoms with van der Waals surface area (Å²) in [5.41, 5.74) is 0. The molecule has 0 spiro atoms. The number of hydrogen-bond acceptors (Lipinski definition) is 5. The Morgan fingerprint density at radius 3 is 3.05 bits per heavy atom. The summed E-state index contributed by atoms with van der Waals surface area (Å²) in [6.45, 7) is 2.89. The van der Waals surface area contributed by atoms with Crippen LogP contribution in [-0.2, 0) is 23.1 Å². The average Bonchev–Trinajstić information content (AvgIpc) is 2.83. The van der Waals surface area contributed by atoms with Crippen molar-refractivity contribution in [3.63, 3.8) is 0 Å². The van der Waals surface area contributed by atoms with Gasteiger partial charge in [-0.3, -0.25) is 4.79 Å². The number of rotatable bonds is 6. The molecular weight excluding hydrogens is 246 g/mol. The molecule has 7 heteroatoms. The van der Waals surface area contributed by atoms with Crippen molar-refractivity contribution in [2.75, 3.05) is 19.7 Å². The number of amides is 1. The molecule has 1 aliphatic rings. The number of aryl methyl sites for hydroxylation is 1. The summed E-state index contributed by atoms with van der Waals surface area (Å²) >= 11 is 0. The normalized spacial score (nSPS) is 16.5. The van der Waals surface area contributed by atoms with E-state index >= 15 is 0 Å². The molecule has 7 nitrogen and oxygen atoms in total. The van der Waals surface area contributed by atoms with E-state index in [0.717, 1.165) is 31.8 Å². The lowest BCUT2D eigenvalue weighted by atomic mass is 10.1. The fourth-order valence-corrected chi connectivity index (χ4v) is 2.01. The van der Waals surface area contributed by atoms with Crippen LogP contribution in [0.2, 0.25) is 0 Å². The minimum Gasteiger partial charge on any atom is -0.378 e. The second-order valence-corrected chi connectivity index (χ2v) is 4.70. The van der Waals surface area contributed by atoms with E-state index in [-0.39, 0.29) is 5.91 Å². The Balaban J connectivity index is 1.58. The maximum absolute atomic E-state index is 11.6. The van der Waals surface area contributed by atoms with Gasteiger partial charge in [0.05, 0.1) is 19.3 Å². The molecule has 0 radical (unpaired) electrons. The third kappa shape index (κ3) is 4.60. The molecule has 19 heavy (non-hydrogen) atoms. The van der Waals surface area contributed by atoms with Gasteiger partial charge in [0.15, 0.2) is 5.82 Å². The van der Waals surface area contributed by atoms with Crippen LogP contribution in [0.25, 0.3) is 0 Å². The Morgan fingerprint density at radius 2 is 2.37 bits per heavy atom. The van der Waals surface area contributed by atoms with Crippen LogP contribution in [-0.4, -0.2) is 46.5 Å². The number of carbonyl (C=O) groups is 1. The van der Waals surface area contributed by atoms with Crippen molar-refractivity contribution < 1.29 is 9.53 Å². The highest BCUT2D eigenvalue weighted by atomic mass is 16.5. The maximum atomic E-state index is 11.6. The van der Waals surface area contributed by atoms with Gasteiger partial charge in [-0.15, -0.1) is 10.2 Å². The van der Waals surface area contributed by atoms with E-state index < -0.39 is 0 Å². The van der Waals surface area contributed by atoms with Gasteiger partial charge >= 0.3 is 0 Å². The first-order valence-corrected chi connectivity index (χ1v) is 6.67. The van der Waals surface area contributed by atoms with E-state index in [0.29, 0.717) is 25.7 Å². The molecule has 1 aliphatic heterocycles. The number of nitrogens with one attached hydrogen (secondary N) is 2. The van der Waals surface area contributed by atoms with Crippen LogP contribution in [0.3, 0.4) is 0 Å². The first-order valence-electron chi connectivity index (χ1n) is 6.67. The number of nitrogens with zero attached hydrogens (tertiary/aromatic N) is 3. The van der Waals surface area contributed by atoms with Crippen molar-refractivity contribution in [1.29, 1.82) is 0 Å². The monoisotopic (exact) mass is 267 g/mol. The molecule has 2 heterocycles. The lowest BCUT2D eigenvalue weighted by Gasteiger charge is -2.22. The van der Waals surface area contributed by atoms with Crippen LogP contribution in [0.1, 0.15) is 25.1 Å². The van der Waals surface area contributed by atoms with Gasteiger partial charge in [0.2, 0.25) is 5.91 Å². The van der Waals surface area contributed by atoms with Crippen molar-refractivity contribution in [3.8, 4) is 0 Å². The van der Waals surface area contributed by atoms with Crippen molar-refractivity contribution in [2.24, 2.45) is 7.05 Å². The van der Waals surface area contributed by atoms with Gasteiger partial charge in [0, 0.05) is 13.5 Å². The van der Waals surface area contributed by atoms with E-state index in [1.807, 2.05) is 7.05 Å². The Kier molecular flexibility index (Phi) is 5.29. The average molecular weight is 267 g/mol. The van der Waals surface area contributed by atoms with Gasteiger partial charge in [-0.05, 0) is 25.9 Å².